The molecular formula is C8H11NO3S. The lowest BCUT2D eigenvalue weighted by Crippen LogP contribution is -2.34. The maximum absolute atomic E-state index is 10.1. The third kappa shape index (κ3) is 1.88. The predicted octanol–water partition coefficient (Wildman–Crippen LogP) is 0.377. The summed E-state index contributed by atoms with van der Waals surface area (Å²) in [6.07, 6.45) is 1.66. The SMILES string of the molecule is OC1(c2cncs2)COCCOC1. The van der Waals surface area contributed by atoms with Gasteiger partial charge in [0.05, 0.1) is 36.8 Å². The molecular weight excluding hydrogens is 190 g/mol. The molecule has 1 aliphatic rings. The van der Waals surface area contributed by atoms with Crippen LogP contribution in [0.3, 0.4) is 0 Å². The molecule has 1 N–H and O–H groups in total. The van der Waals surface area contributed by atoms with Gasteiger partial charge >= 0.3 is 0 Å². The molecule has 0 bridgehead atoms. The number of hydrogen-bond donors (Lipinski definition) is 1. The lowest BCUT2D eigenvalue weighted by molar-refractivity contribution is -0.0574. The van der Waals surface area contributed by atoms with Crippen LogP contribution in [0.4, 0.5) is 0 Å². The van der Waals surface area contributed by atoms with Crippen molar-refractivity contribution < 1.29 is 14.6 Å². The molecule has 1 aliphatic heterocycles. The third-order valence-corrected chi connectivity index (χ3v) is 2.91. The van der Waals surface area contributed by atoms with Crippen LogP contribution in [0, 0.1) is 0 Å². The number of ether oxygens (including phenoxy) is 2. The van der Waals surface area contributed by atoms with E-state index in [1.54, 1.807) is 11.7 Å². The van der Waals surface area contributed by atoms with Crippen LogP contribution < -0.4 is 0 Å². The lowest BCUT2D eigenvalue weighted by Gasteiger charge is -2.22. The Hall–Kier alpha value is -0.490. The number of nitrogens with zero attached hydrogens (tertiary/aromatic N) is 1. The van der Waals surface area contributed by atoms with Gasteiger partial charge in [0.2, 0.25) is 0 Å². The zero-order valence-corrected chi connectivity index (χ0v) is 7.92. The Kier molecular flexibility index (Phi) is 2.59. The Labute approximate surface area is 80.1 Å². The summed E-state index contributed by atoms with van der Waals surface area (Å²) in [6.45, 7) is 1.66. The second-order valence-electron chi connectivity index (χ2n) is 3.00. The van der Waals surface area contributed by atoms with Gasteiger partial charge < -0.3 is 14.6 Å². The summed E-state index contributed by atoms with van der Waals surface area (Å²) >= 11 is 1.42. The molecule has 0 aromatic carbocycles. The van der Waals surface area contributed by atoms with Crippen LogP contribution in [0.1, 0.15) is 4.88 Å². The third-order valence-electron chi connectivity index (χ3n) is 1.94. The highest BCUT2D eigenvalue weighted by Gasteiger charge is 2.33. The Balaban J connectivity index is 2.17. The molecule has 0 amide bonds. The van der Waals surface area contributed by atoms with Crippen LogP contribution in [-0.4, -0.2) is 36.5 Å². The molecule has 2 heterocycles. The van der Waals surface area contributed by atoms with Crippen LogP contribution >= 0.6 is 11.3 Å². The molecule has 1 aromatic rings. The van der Waals surface area contributed by atoms with Crippen molar-refractivity contribution in [3.63, 3.8) is 0 Å². The molecule has 1 saturated heterocycles. The van der Waals surface area contributed by atoms with E-state index in [0.717, 1.165) is 4.88 Å². The van der Waals surface area contributed by atoms with Gasteiger partial charge in [-0.1, -0.05) is 0 Å². The van der Waals surface area contributed by atoms with Gasteiger partial charge in [-0.2, -0.15) is 0 Å². The van der Waals surface area contributed by atoms with Crippen LogP contribution in [0.25, 0.3) is 0 Å². The minimum Gasteiger partial charge on any atom is -0.379 e. The second kappa shape index (κ2) is 3.71. The quantitative estimate of drug-likeness (QED) is 0.713. The monoisotopic (exact) mass is 201 g/mol. The van der Waals surface area contributed by atoms with E-state index in [9.17, 15) is 5.11 Å². The molecule has 0 spiro atoms. The molecule has 72 valence electrons. The van der Waals surface area contributed by atoms with E-state index in [2.05, 4.69) is 4.98 Å². The fourth-order valence-corrected chi connectivity index (χ4v) is 1.92. The zero-order valence-electron chi connectivity index (χ0n) is 7.10. The topological polar surface area (TPSA) is 51.6 Å². The summed E-state index contributed by atoms with van der Waals surface area (Å²) in [6, 6.07) is 0. The molecule has 4 nitrogen and oxygen atoms in total. The van der Waals surface area contributed by atoms with Gasteiger partial charge in [-0.15, -0.1) is 11.3 Å². The molecule has 1 fully saturated rings. The first-order chi connectivity index (χ1) is 6.31. The maximum atomic E-state index is 10.1. The minimum absolute atomic E-state index is 0.287. The fourth-order valence-electron chi connectivity index (χ4n) is 1.23. The van der Waals surface area contributed by atoms with E-state index in [-0.39, 0.29) is 13.2 Å². The molecule has 1 aromatic heterocycles. The summed E-state index contributed by atoms with van der Waals surface area (Å²) in [5.74, 6) is 0. The van der Waals surface area contributed by atoms with Crippen molar-refractivity contribution in [1.82, 2.24) is 4.98 Å². The van der Waals surface area contributed by atoms with E-state index in [0.29, 0.717) is 13.2 Å². The average Bonchev–Trinajstić information content (AvgIpc) is 2.57. The summed E-state index contributed by atoms with van der Waals surface area (Å²) in [4.78, 5) is 4.72. The van der Waals surface area contributed by atoms with E-state index >= 15 is 0 Å². The average molecular weight is 201 g/mol. The van der Waals surface area contributed by atoms with Gasteiger partial charge in [0.1, 0.15) is 5.60 Å². The van der Waals surface area contributed by atoms with Crippen LogP contribution in [0.5, 0.6) is 0 Å². The Morgan fingerprint density at radius 2 is 2.08 bits per heavy atom. The summed E-state index contributed by atoms with van der Waals surface area (Å²) < 4.78 is 10.5. The molecule has 0 aliphatic carbocycles. The number of aromatic nitrogens is 1. The van der Waals surface area contributed by atoms with Crippen molar-refractivity contribution >= 4 is 11.3 Å². The van der Waals surface area contributed by atoms with Crippen LogP contribution in [-0.2, 0) is 15.1 Å². The Bertz CT molecular complexity index is 254. The number of aliphatic hydroxyl groups is 1. The molecule has 0 unspecified atom stereocenters. The highest BCUT2D eigenvalue weighted by Crippen LogP contribution is 2.26. The number of hydrogen-bond acceptors (Lipinski definition) is 5. The van der Waals surface area contributed by atoms with Gasteiger partial charge in [-0.3, -0.25) is 4.98 Å². The van der Waals surface area contributed by atoms with Gasteiger partial charge in [-0.25, -0.2) is 0 Å². The lowest BCUT2D eigenvalue weighted by atomic mass is 10.1. The zero-order chi connectivity index (χ0) is 9.15. The van der Waals surface area contributed by atoms with Crippen molar-refractivity contribution in [3.05, 3.63) is 16.6 Å². The van der Waals surface area contributed by atoms with Crippen molar-refractivity contribution in [2.45, 2.75) is 5.60 Å². The van der Waals surface area contributed by atoms with Crippen molar-refractivity contribution in [2.24, 2.45) is 0 Å². The van der Waals surface area contributed by atoms with Crippen molar-refractivity contribution in [1.29, 1.82) is 0 Å². The van der Waals surface area contributed by atoms with Gasteiger partial charge in [0.25, 0.3) is 0 Å². The summed E-state index contributed by atoms with van der Waals surface area (Å²) in [5, 5.41) is 10.1. The van der Waals surface area contributed by atoms with Gasteiger partial charge in [0, 0.05) is 6.20 Å². The first-order valence-electron chi connectivity index (χ1n) is 4.08. The Morgan fingerprint density at radius 1 is 1.38 bits per heavy atom. The molecule has 13 heavy (non-hydrogen) atoms. The minimum atomic E-state index is -1.00. The van der Waals surface area contributed by atoms with E-state index in [1.807, 2.05) is 0 Å². The van der Waals surface area contributed by atoms with E-state index in [4.69, 9.17) is 9.47 Å². The molecule has 0 radical (unpaired) electrons. The standard InChI is InChI=1S/C8H11NO3S/c10-8(7-3-9-6-13-7)4-11-1-2-12-5-8/h3,6,10H,1-2,4-5H2. The summed E-state index contributed by atoms with van der Waals surface area (Å²) in [5.41, 5.74) is 0.690. The number of rotatable bonds is 1. The largest absolute Gasteiger partial charge is 0.379 e. The smallest absolute Gasteiger partial charge is 0.147 e. The second-order valence-corrected chi connectivity index (χ2v) is 3.89. The normalized spacial score (nSPS) is 22.5. The maximum Gasteiger partial charge on any atom is 0.147 e. The first kappa shape index (κ1) is 9.08. The Morgan fingerprint density at radius 3 is 2.62 bits per heavy atom. The summed E-state index contributed by atoms with van der Waals surface area (Å²) in [7, 11) is 0. The van der Waals surface area contributed by atoms with Crippen LogP contribution in [0.2, 0.25) is 0 Å². The molecule has 5 heteroatoms. The highest BCUT2D eigenvalue weighted by molar-refractivity contribution is 7.09. The number of thiazole rings is 1. The van der Waals surface area contributed by atoms with Crippen molar-refractivity contribution in [3.8, 4) is 0 Å². The van der Waals surface area contributed by atoms with Gasteiger partial charge in [0.15, 0.2) is 0 Å². The molecule has 0 atom stereocenters. The molecule has 2 rings (SSSR count). The van der Waals surface area contributed by atoms with Crippen LogP contribution in [0.15, 0.2) is 11.7 Å². The van der Waals surface area contributed by atoms with E-state index < -0.39 is 5.60 Å². The van der Waals surface area contributed by atoms with E-state index in [1.165, 1.54) is 11.3 Å². The highest BCUT2D eigenvalue weighted by atomic mass is 32.1. The predicted molar refractivity (Wildman–Crippen MR) is 47.6 cm³/mol. The van der Waals surface area contributed by atoms with Crippen molar-refractivity contribution in [2.75, 3.05) is 26.4 Å². The van der Waals surface area contributed by atoms with Gasteiger partial charge in [-0.05, 0) is 0 Å². The fraction of sp³-hybridized carbons (Fsp3) is 0.625. The first-order valence-corrected chi connectivity index (χ1v) is 4.96. The molecule has 0 saturated carbocycles.